The minimum absolute atomic E-state index is 0.593. The Morgan fingerprint density at radius 1 is 1.12 bits per heavy atom. The number of rotatable bonds is 10. The van der Waals surface area contributed by atoms with Crippen molar-refractivity contribution >= 4 is 11.6 Å². The number of ether oxygens (including phenoxy) is 3. The lowest BCUT2D eigenvalue weighted by atomic mass is 10.2. The van der Waals surface area contributed by atoms with Crippen molar-refractivity contribution in [3.63, 3.8) is 0 Å². The van der Waals surface area contributed by atoms with Gasteiger partial charge >= 0.3 is 0 Å². The lowest BCUT2D eigenvalue weighted by Gasteiger charge is -2.26. The summed E-state index contributed by atoms with van der Waals surface area (Å²) in [5.74, 6) is 1.47. The lowest BCUT2D eigenvalue weighted by Crippen LogP contribution is -2.37. The molecule has 0 unspecified atom stereocenters. The molecule has 1 N–H and O–H groups in total. The number of hydrogen-bond donors (Lipinski definition) is 1. The molecule has 0 radical (unpaired) electrons. The Morgan fingerprint density at radius 2 is 1.79 bits per heavy atom. The van der Waals surface area contributed by atoms with Crippen molar-refractivity contribution in [1.82, 2.24) is 10.2 Å². The number of nitrogens with zero attached hydrogens (tertiary/aromatic N) is 1. The van der Waals surface area contributed by atoms with Crippen LogP contribution in [0.15, 0.2) is 12.1 Å². The third-order valence-corrected chi connectivity index (χ3v) is 4.31. The highest BCUT2D eigenvalue weighted by Crippen LogP contribution is 2.33. The maximum atomic E-state index is 6.37. The van der Waals surface area contributed by atoms with E-state index in [1.807, 2.05) is 26.0 Å². The molecule has 0 aliphatic carbocycles. The molecule has 1 aromatic rings. The van der Waals surface area contributed by atoms with Crippen LogP contribution in [0.2, 0.25) is 5.02 Å². The first-order chi connectivity index (χ1) is 11.7. The average molecular weight is 357 g/mol. The summed E-state index contributed by atoms with van der Waals surface area (Å²) >= 11 is 6.37. The molecule has 6 heteroatoms. The summed E-state index contributed by atoms with van der Waals surface area (Å²) < 4.78 is 16.6. The van der Waals surface area contributed by atoms with Crippen LogP contribution in [0.25, 0.3) is 0 Å². The van der Waals surface area contributed by atoms with Gasteiger partial charge in [0.1, 0.15) is 0 Å². The number of halogens is 1. The van der Waals surface area contributed by atoms with E-state index in [-0.39, 0.29) is 0 Å². The molecule has 1 aliphatic rings. The van der Waals surface area contributed by atoms with E-state index in [1.165, 1.54) is 0 Å². The second kappa shape index (κ2) is 10.8. The summed E-state index contributed by atoms with van der Waals surface area (Å²) in [4.78, 5) is 2.45. The molecule has 24 heavy (non-hydrogen) atoms. The van der Waals surface area contributed by atoms with E-state index in [0.29, 0.717) is 24.0 Å². The van der Waals surface area contributed by atoms with Gasteiger partial charge in [0.05, 0.1) is 26.4 Å². The Hall–Kier alpha value is -1.01. The topological polar surface area (TPSA) is 43.0 Å². The maximum Gasteiger partial charge on any atom is 0.162 e. The van der Waals surface area contributed by atoms with Crippen LogP contribution < -0.4 is 14.8 Å². The van der Waals surface area contributed by atoms with E-state index >= 15 is 0 Å². The molecule has 0 saturated carbocycles. The molecule has 0 spiro atoms. The largest absolute Gasteiger partial charge is 0.490 e. The lowest BCUT2D eigenvalue weighted by molar-refractivity contribution is 0.0374. The molecule has 5 nitrogen and oxygen atoms in total. The standard InChI is InChI=1S/C18H29ClN2O3/c1-3-23-17-12-15(16(19)13-18(17)24-4-2)14-20-6-5-7-21-8-10-22-11-9-21/h12-13,20H,3-11,14H2,1-2H3. The highest BCUT2D eigenvalue weighted by atomic mass is 35.5. The van der Waals surface area contributed by atoms with E-state index in [2.05, 4.69) is 10.2 Å². The molecule has 0 bridgehead atoms. The maximum absolute atomic E-state index is 6.37. The van der Waals surface area contributed by atoms with Crippen LogP contribution in [-0.2, 0) is 11.3 Å². The summed E-state index contributed by atoms with van der Waals surface area (Å²) in [6.45, 7) is 11.7. The van der Waals surface area contributed by atoms with Crippen molar-refractivity contribution in [2.24, 2.45) is 0 Å². The first kappa shape index (κ1) is 19.3. The molecule has 1 fully saturated rings. The monoisotopic (exact) mass is 356 g/mol. The van der Waals surface area contributed by atoms with Crippen molar-refractivity contribution in [3.05, 3.63) is 22.7 Å². The number of nitrogens with one attached hydrogen (secondary N) is 1. The fourth-order valence-electron chi connectivity index (χ4n) is 2.72. The summed E-state index contributed by atoms with van der Waals surface area (Å²) in [5, 5.41) is 4.17. The van der Waals surface area contributed by atoms with Crippen molar-refractivity contribution in [1.29, 1.82) is 0 Å². The minimum atomic E-state index is 0.593. The summed E-state index contributed by atoms with van der Waals surface area (Å²) in [5.41, 5.74) is 1.04. The zero-order valence-corrected chi connectivity index (χ0v) is 15.5. The van der Waals surface area contributed by atoms with Crippen molar-refractivity contribution < 1.29 is 14.2 Å². The van der Waals surface area contributed by atoms with Gasteiger partial charge in [0.15, 0.2) is 11.5 Å². The number of benzene rings is 1. The summed E-state index contributed by atoms with van der Waals surface area (Å²) in [6, 6.07) is 3.83. The average Bonchev–Trinajstić information content (AvgIpc) is 2.59. The van der Waals surface area contributed by atoms with E-state index in [0.717, 1.165) is 63.7 Å². The molecule has 0 aromatic heterocycles. The molecular weight excluding hydrogens is 328 g/mol. The van der Waals surface area contributed by atoms with Gasteiger partial charge in [-0.3, -0.25) is 4.90 Å². The molecule has 1 aliphatic heterocycles. The van der Waals surface area contributed by atoms with E-state index in [4.69, 9.17) is 25.8 Å². The normalized spacial score (nSPS) is 15.5. The van der Waals surface area contributed by atoms with Crippen LogP contribution in [0.4, 0.5) is 0 Å². The van der Waals surface area contributed by atoms with Crippen LogP contribution in [0.1, 0.15) is 25.8 Å². The van der Waals surface area contributed by atoms with E-state index < -0.39 is 0 Å². The number of morpholine rings is 1. The zero-order valence-electron chi connectivity index (χ0n) is 14.8. The van der Waals surface area contributed by atoms with Crippen LogP contribution >= 0.6 is 11.6 Å². The highest BCUT2D eigenvalue weighted by Gasteiger charge is 2.11. The second-order valence-electron chi connectivity index (χ2n) is 5.74. The second-order valence-corrected chi connectivity index (χ2v) is 6.15. The highest BCUT2D eigenvalue weighted by molar-refractivity contribution is 6.31. The Kier molecular flexibility index (Phi) is 8.67. The molecule has 1 heterocycles. The van der Waals surface area contributed by atoms with Crippen LogP contribution in [0, 0.1) is 0 Å². The molecule has 1 aromatic carbocycles. The van der Waals surface area contributed by atoms with Gasteiger partial charge in [-0.15, -0.1) is 0 Å². The van der Waals surface area contributed by atoms with Gasteiger partial charge in [-0.05, 0) is 45.0 Å². The van der Waals surface area contributed by atoms with Gasteiger partial charge in [0.25, 0.3) is 0 Å². The fraction of sp³-hybridized carbons (Fsp3) is 0.667. The summed E-state index contributed by atoms with van der Waals surface area (Å²) in [6.07, 6.45) is 1.12. The predicted molar refractivity (Wildman–Crippen MR) is 97.4 cm³/mol. The van der Waals surface area contributed by atoms with E-state index in [1.54, 1.807) is 0 Å². The van der Waals surface area contributed by atoms with Crippen molar-refractivity contribution in [2.45, 2.75) is 26.8 Å². The van der Waals surface area contributed by atoms with Crippen molar-refractivity contribution in [3.8, 4) is 11.5 Å². The van der Waals surface area contributed by atoms with Gasteiger partial charge in [0.2, 0.25) is 0 Å². The van der Waals surface area contributed by atoms with Gasteiger partial charge < -0.3 is 19.5 Å². The van der Waals surface area contributed by atoms with Gasteiger partial charge in [0, 0.05) is 30.7 Å². The molecule has 0 atom stereocenters. The van der Waals surface area contributed by atoms with Crippen LogP contribution in [0.5, 0.6) is 11.5 Å². The molecule has 0 amide bonds. The third kappa shape index (κ3) is 6.13. The fourth-order valence-corrected chi connectivity index (χ4v) is 2.95. The molecular formula is C18H29ClN2O3. The van der Waals surface area contributed by atoms with Gasteiger partial charge in [-0.2, -0.15) is 0 Å². The Labute approximate surface area is 150 Å². The summed E-state index contributed by atoms with van der Waals surface area (Å²) in [7, 11) is 0. The quantitative estimate of drug-likeness (QED) is 0.653. The minimum Gasteiger partial charge on any atom is -0.490 e. The van der Waals surface area contributed by atoms with E-state index in [9.17, 15) is 0 Å². The SMILES string of the molecule is CCOc1cc(Cl)c(CNCCCN2CCOCC2)cc1OCC. The zero-order chi connectivity index (χ0) is 17.2. The van der Waals surface area contributed by atoms with Gasteiger partial charge in [-0.25, -0.2) is 0 Å². The van der Waals surface area contributed by atoms with Crippen LogP contribution in [-0.4, -0.2) is 57.5 Å². The third-order valence-electron chi connectivity index (χ3n) is 3.96. The Bertz CT molecular complexity index is 493. The Morgan fingerprint density at radius 3 is 2.46 bits per heavy atom. The van der Waals surface area contributed by atoms with Crippen LogP contribution in [0.3, 0.4) is 0 Å². The molecule has 1 saturated heterocycles. The van der Waals surface area contributed by atoms with Crippen molar-refractivity contribution in [2.75, 3.05) is 52.6 Å². The Balaban J connectivity index is 1.79. The molecule has 2 rings (SSSR count). The molecule has 136 valence electrons. The first-order valence-corrected chi connectivity index (χ1v) is 9.21. The predicted octanol–water partition coefficient (Wildman–Crippen LogP) is 2.95. The first-order valence-electron chi connectivity index (χ1n) is 8.83. The smallest absolute Gasteiger partial charge is 0.162 e. The number of hydrogen-bond acceptors (Lipinski definition) is 5. The van der Waals surface area contributed by atoms with Gasteiger partial charge in [-0.1, -0.05) is 11.6 Å².